The predicted octanol–water partition coefficient (Wildman–Crippen LogP) is 1.87. The monoisotopic (exact) mass is 328 g/mol. The lowest BCUT2D eigenvalue weighted by molar-refractivity contribution is 0.122. The van der Waals surface area contributed by atoms with E-state index < -0.39 is 6.10 Å². The Labute approximate surface area is 142 Å². The van der Waals surface area contributed by atoms with Crippen molar-refractivity contribution in [3.63, 3.8) is 0 Å². The van der Waals surface area contributed by atoms with E-state index in [-0.39, 0.29) is 0 Å². The van der Waals surface area contributed by atoms with Crippen LogP contribution in [-0.4, -0.2) is 55.0 Å². The number of benzene rings is 1. The van der Waals surface area contributed by atoms with Gasteiger partial charge >= 0.3 is 0 Å². The van der Waals surface area contributed by atoms with Crippen LogP contribution in [0.2, 0.25) is 0 Å². The van der Waals surface area contributed by atoms with E-state index in [2.05, 4.69) is 19.8 Å². The van der Waals surface area contributed by atoms with Gasteiger partial charge in [0.25, 0.3) is 0 Å². The predicted molar refractivity (Wildman–Crippen MR) is 94.4 cm³/mol. The minimum Gasteiger partial charge on any atom is -0.388 e. The molecule has 1 saturated heterocycles. The highest BCUT2D eigenvalue weighted by molar-refractivity contribution is 5.49. The van der Waals surface area contributed by atoms with Gasteiger partial charge in [-0.1, -0.05) is 30.3 Å². The molecule has 0 unspecified atom stereocenters. The van der Waals surface area contributed by atoms with Crippen LogP contribution in [0.3, 0.4) is 0 Å². The molecule has 24 heavy (non-hydrogen) atoms. The number of nitrogens with zero attached hydrogens (tertiary/aromatic N) is 4. The molecule has 0 aliphatic carbocycles. The molecule has 1 atom stereocenters. The molecule has 6 heteroatoms. The molecule has 0 saturated carbocycles. The highest BCUT2D eigenvalue weighted by atomic mass is 16.5. The van der Waals surface area contributed by atoms with E-state index >= 15 is 0 Å². The maximum atomic E-state index is 10.3. The van der Waals surface area contributed by atoms with Gasteiger partial charge in [0.05, 0.1) is 19.3 Å². The maximum Gasteiger partial charge on any atom is 0.134 e. The summed E-state index contributed by atoms with van der Waals surface area (Å²) in [5.74, 6) is 1.80. The molecular weight excluding hydrogens is 304 g/mol. The summed E-state index contributed by atoms with van der Waals surface area (Å²) in [5.41, 5.74) is 0.947. The quantitative estimate of drug-likeness (QED) is 0.873. The van der Waals surface area contributed by atoms with Gasteiger partial charge in [-0.25, -0.2) is 9.97 Å². The topological polar surface area (TPSA) is 61.7 Å². The largest absolute Gasteiger partial charge is 0.388 e. The Balaban J connectivity index is 1.59. The molecule has 2 heterocycles. The van der Waals surface area contributed by atoms with E-state index in [9.17, 15) is 5.11 Å². The molecule has 0 spiro atoms. The van der Waals surface area contributed by atoms with Gasteiger partial charge in [-0.15, -0.1) is 0 Å². The molecule has 1 N–H and O–H groups in total. The zero-order valence-corrected chi connectivity index (χ0v) is 14.0. The summed E-state index contributed by atoms with van der Waals surface area (Å²) in [6.45, 7) is 3.90. The summed E-state index contributed by atoms with van der Waals surface area (Å²) < 4.78 is 5.38. The summed E-state index contributed by atoms with van der Waals surface area (Å²) in [5, 5.41) is 10.3. The van der Waals surface area contributed by atoms with Crippen molar-refractivity contribution in [3.05, 3.63) is 48.3 Å². The second-order valence-corrected chi connectivity index (χ2v) is 5.97. The number of hydrogen-bond acceptors (Lipinski definition) is 6. The zero-order chi connectivity index (χ0) is 16.8. The van der Waals surface area contributed by atoms with E-state index in [0.29, 0.717) is 6.42 Å². The van der Waals surface area contributed by atoms with Crippen molar-refractivity contribution < 1.29 is 9.84 Å². The molecule has 128 valence electrons. The average Bonchev–Trinajstić information content (AvgIpc) is 2.67. The van der Waals surface area contributed by atoms with E-state index in [4.69, 9.17) is 4.74 Å². The van der Waals surface area contributed by atoms with Gasteiger partial charge in [0.15, 0.2) is 0 Å². The third kappa shape index (κ3) is 4.21. The van der Waals surface area contributed by atoms with Crippen molar-refractivity contribution in [2.45, 2.75) is 12.5 Å². The van der Waals surface area contributed by atoms with Crippen molar-refractivity contribution in [2.75, 3.05) is 49.7 Å². The molecule has 1 aromatic carbocycles. The minimum absolute atomic E-state index is 0.464. The normalized spacial score (nSPS) is 16.0. The lowest BCUT2D eigenvalue weighted by atomic mass is 10.1. The van der Waals surface area contributed by atoms with Gasteiger partial charge in [-0.2, -0.15) is 0 Å². The smallest absolute Gasteiger partial charge is 0.134 e. The fourth-order valence-corrected chi connectivity index (χ4v) is 2.78. The van der Waals surface area contributed by atoms with Gasteiger partial charge in [0, 0.05) is 32.7 Å². The lowest BCUT2D eigenvalue weighted by Gasteiger charge is -2.28. The molecule has 1 aliphatic heterocycles. The molecule has 1 aliphatic rings. The summed E-state index contributed by atoms with van der Waals surface area (Å²) in [4.78, 5) is 13.0. The van der Waals surface area contributed by atoms with Crippen molar-refractivity contribution >= 4 is 11.6 Å². The van der Waals surface area contributed by atoms with Crippen LogP contribution in [0.25, 0.3) is 0 Å². The number of aliphatic hydroxyl groups excluding tert-OH is 1. The maximum absolute atomic E-state index is 10.3. The first kappa shape index (κ1) is 16.7. The summed E-state index contributed by atoms with van der Waals surface area (Å²) in [6.07, 6.45) is 1.79. The number of rotatable bonds is 6. The van der Waals surface area contributed by atoms with Crippen LogP contribution in [0.1, 0.15) is 18.1 Å². The van der Waals surface area contributed by atoms with Crippen molar-refractivity contribution in [2.24, 2.45) is 0 Å². The number of morpholine rings is 1. The van der Waals surface area contributed by atoms with Crippen molar-refractivity contribution in [3.8, 4) is 0 Å². The number of aliphatic hydroxyl groups is 1. The first-order valence-electron chi connectivity index (χ1n) is 8.33. The Hall–Kier alpha value is -2.18. The summed E-state index contributed by atoms with van der Waals surface area (Å²) >= 11 is 0. The molecule has 0 bridgehead atoms. The average molecular weight is 328 g/mol. The van der Waals surface area contributed by atoms with Gasteiger partial charge < -0.3 is 19.6 Å². The van der Waals surface area contributed by atoms with Gasteiger partial charge in [0.2, 0.25) is 0 Å². The van der Waals surface area contributed by atoms with Crippen LogP contribution in [0.4, 0.5) is 11.6 Å². The van der Waals surface area contributed by atoms with Crippen LogP contribution in [0.5, 0.6) is 0 Å². The minimum atomic E-state index is -0.464. The first-order valence-corrected chi connectivity index (χ1v) is 8.33. The first-order chi connectivity index (χ1) is 11.7. The van der Waals surface area contributed by atoms with Crippen LogP contribution in [-0.2, 0) is 4.74 Å². The molecule has 3 rings (SSSR count). The van der Waals surface area contributed by atoms with E-state index in [0.717, 1.165) is 50.0 Å². The second-order valence-electron chi connectivity index (χ2n) is 5.97. The molecular formula is C18H24N4O2. The summed E-state index contributed by atoms with van der Waals surface area (Å²) in [6, 6.07) is 11.7. The number of ether oxygens (including phenoxy) is 1. The Kier molecular flexibility index (Phi) is 5.61. The van der Waals surface area contributed by atoms with Crippen LogP contribution in [0, 0.1) is 0 Å². The van der Waals surface area contributed by atoms with E-state index in [1.54, 1.807) is 6.33 Å². The third-order valence-electron chi connectivity index (χ3n) is 4.29. The molecule has 1 aromatic heterocycles. The lowest BCUT2D eigenvalue weighted by Crippen LogP contribution is -2.37. The van der Waals surface area contributed by atoms with Gasteiger partial charge in [-0.05, 0) is 12.0 Å². The molecule has 2 aromatic rings. The van der Waals surface area contributed by atoms with E-state index in [1.807, 2.05) is 43.4 Å². The fraction of sp³-hybridized carbons (Fsp3) is 0.444. The standard InChI is InChI=1S/C18H24N4O2/c1-21(8-7-16(23)15-5-3-2-4-6-15)17-13-18(20-14-19-17)22-9-11-24-12-10-22/h2-6,13-14,16,23H,7-12H2,1H3/t16-/m1/s1. The second kappa shape index (κ2) is 8.08. The van der Waals surface area contributed by atoms with Gasteiger partial charge in [0.1, 0.15) is 18.0 Å². The highest BCUT2D eigenvalue weighted by Gasteiger charge is 2.15. The Morgan fingerprint density at radius 3 is 2.71 bits per heavy atom. The van der Waals surface area contributed by atoms with Crippen LogP contribution >= 0.6 is 0 Å². The number of hydrogen-bond donors (Lipinski definition) is 1. The molecule has 0 radical (unpaired) electrons. The Morgan fingerprint density at radius 2 is 1.96 bits per heavy atom. The molecule has 6 nitrogen and oxygen atoms in total. The fourth-order valence-electron chi connectivity index (χ4n) is 2.78. The van der Waals surface area contributed by atoms with Crippen LogP contribution in [0.15, 0.2) is 42.7 Å². The van der Waals surface area contributed by atoms with Gasteiger partial charge in [-0.3, -0.25) is 0 Å². The highest BCUT2D eigenvalue weighted by Crippen LogP contribution is 2.20. The molecule has 0 amide bonds. The number of anilines is 2. The molecule has 1 fully saturated rings. The van der Waals surface area contributed by atoms with Crippen molar-refractivity contribution in [1.29, 1.82) is 0 Å². The van der Waals surface area contributed by atoms with Crippen molar-refractivity contribution in [1.82, 2.24) is 9.97 Å². The summed E-state index contributed by atoms with van der Waals surface area (Å²) in [7, 11) is 1.99. The van der Waals surface area contributed by atoms with E-state index in [1.165, 1.54) is 0 Å². The third-order valence-corrected chi connectivity index (χ3v) is 4.29. The SMILES string of the molecule is CN(CC[C@@H](O)c1ccccc1)c1cc(N2CCOCC2)ncn1. The Bertz CT molecular complexity index is 632. The number of aromatic nitrogens is 2. The van der Waals surface area contributed by atoms with Crippen LogP contribution < -0.4 is 9.80 Å². The Morgan fingerprint density at radius 1 is 1.21 bits per heavy atom. The zero-order valence-electron chi connectivity index (χ0n) is 14.0.